The zero-order valence-corrected chi connectivity index (χ0v) is 13.0. The quantitative estimate of drug-likeness (QED) is 0.539. The van der Waals surface area contributed by atoms with Crippen molar-refractivity contribution < 1.29 is 5.11 Å². The SMILES string of the molecule is Cn1ccc2cc(-n3cc4c(Br)cccc4c3O)ccc21. The molecule has 0 aliphatic rings. The van der Waals surface area contributed by atoms with Crippen molar-refractivity contribution in [2.24, 2.45) is 7.05 Å². The number of hydrogen-bond acceptors (Lipinski definition) is 1. The van der Waals surface area contributed by atoms with Crippen LogP contribution in [0.3, 0.4) is 0 Å². The molecule has 0 spiro atoms. The van der Waals surface area contributed by atoms with Gasteiger partial charge in [-0.25, -0.2) is 0 Å². The summed E-state index contributed by atoms with van der Waals surface area (Å²) >= 11 is 3.53. The molecule has 0 unspecified atom stereocenters. The van der Waals surface area contributed by atoms with E-state index in [2.05, 4.69) is 38.7 Å². The van der Waals surface area contributed by atoms with Gasteiger partial charge in [0.15, 0.2) is 0 Å². The second-order valence-corrected chi connectivity index (χ2v) is 6.05. The lowest BCUT2D eigenvalue weighted by molar-refractivity contribution is 0.448. The first kappa shape index (κ1) is 12.5. The average molecular weight is 341 g/mol. The molecule has 0 saturated heterocycles. The molecule has 4 heteroatoms. The summed E-state index contributed by atoms with van der Waals surface area (Å²) in [4.78, 5) is 0. The van der Waals surface area contributed by atoms with Crippen LogP contribution in [0, 0.1) is 0 Å². The van der Waals surface area contributed by atoms with Gasteiger partial charge in [0.2, 0.25) is 5.88 Å². The number of benzene rings is 2. The highest BCUT2D eigenvalue weighted by Crippen LogP contribution is 2.34. The molecule has 4 aromatic rings. The Morgan fingerprint density at radius 3 is 2.71 bits per heavy atom. The maximum Gasteiger partial charge on any atom is 0.203 e. The molecular formula is C17H13BrN2O. The molecule has 0 bridgehead atoms. The number of fused-ring (bicyclic) bond motifs is 2. The molecule has 21 heavy (non-hydrogen) atoms. The molecular weight excluding hydrogens is 328 g/mol. The van der Waals surface area contributed by atoms with Gasteiger partial charge >= 0.3 is 0 Å². The highest BCUT2D eigenvalue weighted by atomic mass is 79.9. The predicted octanol–water partition coefficient (Wildman–Crippen LogP) is 4.59. The molecule has 104 valence electrons. The van der Waals surface area contributed by atoms with Crippen LogP contribution in [0.25, 0.3) is 27.4 Å². The van der Waals surface area contributed by atoms with Gasteiger partial charge in [-0.05, 0) is 36.4 Å². The van der Waals surface area contributed by atoms with Crippen LogP contribution in [0.4, 0.5) is 0 Å². The Morgan fingerprint density at radius 2 is 1.90 bits per heavy atom. The van der Waals surface area contributed by atoms with Crippen molar-refractivity contribution in [3.63, 3.8) is 0 Å². The van der Waals surface area contributed by atoms with Crippen LogP contribution >= 0.6 is 15.9 Å². The van der Waals surface area contributed by atoms with E-state index < -0.39 is 0 Å². The molecule has 0 amide bonds. The van der Waals surface area contributed by atoms with E-state index in [0.29, 0.717) is 0 Å². The van der Waals surface area contributed by atoms with E-state index in [1.165, 1.54) is 5.52 Å². The van der Waals surface area contributed by atoms with Gasteiger partial charge in [0.05, 0.1) is 0 Å². The summed E-state index contributed by atoms with van der Waals surface area (Å²) in [6.45, 7) is 0. The summed E-state index contributed by atoms with van der Waals surface area (Å²) in [7, 11) is 2.03. The largest absolute Gasteiger partial charge is 0.494 e. The maximum atomic E-state index is 10.5. The number of halogens is 1. The predicted molar refractivity (Wildman–Crippen MR) is 89.1 cm³/mol. The van der Waals surface area contributed by atoms with E-state index in [1.807, 2.05) is 48.3 Å². The van der Waals surface area contributed by atoms with Crippen molar-refractivity contribution >= 4 is 37.6 Å². The second kappa shape index (κ2) is 4.40. The van der Waals surface area contributed by atoms with Crippen molar-refractivity contribution in [2.45, 2.75) is 0 Å². The van der Waals surface area contributed by atoms with Gasteiger partial charge in [0.25, 0.3) is 0 Å². The third-order valence-corrected chi connectivity index (χ3v) is 4.62. The highest BCUT2D eigenvalue weighted by Gasteiger charge is 2.12. The Hall–Kier alpha value is -2.20. The molecule has 0 fully saturated rings. The third kappa shape index (κ3) is 1.79. The van der Waals surface area contributed by atoms with Crippen LogP contribution in [0.15, 0.2) is 59.3 Å². The molecule has 4 rings (SSSR count). The molecule has 2 aromatic carbocycles. The molecule has 3 nitrogen and oxygen atoms in total. The van der Waals surface area contributed by atoms with Crippen LogP contribution in [-0.4, -0.2) is 14.2 Å². The fourth-order valence-corrected chi connectivity index (χ4v) is 3.27. The summed E-state index contributed by atoms with van der Waals surface area (Å²) in [5, 5.41) is 13.5. The van der Waals surface area contributed by atoms with Gasteiger partial charge in [-0.15, -0.1) is 0 Å². The zero-order chi connectivity index (χ0) is 14.6. The molecule has 0 aliphatic heterocycles. The first-order valence-corrected chi connectivity index (χ1v) is 7.48. The molecule has 1 N–H and O–H groups in total. The number of aryl methyl sites for hydroxylation is 1. The summed E-state index contributed by atoms with van der Waals surface area (Å²) in [6.07, 6.45) is 4.00. The van der Waals surface area contributed by atoms with E-state index in [4.69, 9.17) is 0 Å². The van der Waals surface area contributed by atoms with Crippen molar-refractivity contribution in [3.05, 3.63) is 59.3 Å². The first-order valence-electron chi connectivity index (χ1n) is 6.69. The normalized spacial score (nSPS) is 11.5. The van der Waals surface area contributed by atoms with Crippen LogP contribution in [0.1, 0.15) is 0 Å². The lowest BCUT2D eigenvalue weighted by atomic mass is 10.2. The molecule has 2 aromatic heterocycles. The minimum Gasteiger partial charge on any atom is -0.494 e. The summed E-state index contributed by atoms with van der Waals surface area (Å²) < 4.78 is 4.89. The zero-order valence-electron chi connectivity index (χ0n) is 11.4. The topological polar surface area (TPSA) is 30.1 Å². The van der Waals surface area contributed by atoms with E-state index >= 15 is 0 Å². The number of hydrogen-bond donors (Lipinski definition) is 1. The minimum atomic E-state index is 0.265. The number of rotatable bonds is 1. The first-order chi connectivity index (χ1) is 10.1. The van der Waals surface area contributed by atoms with Crippen molar-refractivity contribution in [2.75, 3.05) is 0 Å². The van der Waals surface area contributed by atoms with Gasteiger partial charge in [-0.3, -0.25) is 4.57 Å². The van der Waals surface area contributed by atoms with Crippen molar-refractivity contribution in [1.29, 1.82) is 0 Å². The van der Waals surface area contributed by atoms with Crippen molar-refractivity contribution in [1.82, 2.24) is 9.13 Å². The molecule has 0 radical (unpaired) electrons. The molecule has 0 atom stereocenters. The van der Waals surface area contributed by atoms with E-state index in [1.54, 1.807) is 0 Å². The van der Waals surface area contributed by atoms with Crippen molar-refractivity contribution in [3.8, 4) is 11.6 Å². The molecule has 2 heterocycles. The Morgan fingerprint density at radius 1 is 1.05 bits per heavy atom. The van der Waals surface area contributed by atoms with Crippen LogP contribution in [0.5, 0.6) is 5.88 Å². The van der Waals surface area contributed by atoms with Gasteiger partial charge in [0, 0.05) is 51.3 Å². The Kier molecular flexibility index (Phi) is 2.62. The standard InChI is InChI=1S/C17H13BrN2O/c1-19-8-7-11-9-12(5-6-16(11)19)20-10-14-13(17(20)21)3-2-4-15(14)18/h2-10,21H,1H3. The van der Waals surface area contributed by atoms with Crippen LogP contribution < -0.4 is 0 Å². The Labute approximate surface area is 130 Å². The van der Waals surface area contributed by atoms with Gasteiger partial charge in [-0.1, -0.05) is 22.0 Å². The van der Waals surface area contributed by atoms with E-state index in [-0.39, 0.29) is 5.88 Å². The van der Waals surface area contributed by atoms with Gasteiger partial charge in [-0.2, -0.15) is 0 Å². The maximum absolute atomic E-state index is 10.5. The number of aromatic hydroxyl groups is 1. The molecule has 0 aliphatic carbocycles. The summed E-state index contributed by atoms with van der Waals surface area (Å²) in [5.74, 6) is 0.265. The average Bonchev–Trinajstić information content (AvgIpc) is 3.02. The fourth-order valence-electron chi connectivity index (χ4n) is 2.80. The van der Waals surface area contributed by atoms with Gasteiger partial charge < -0.3 is 9.67 Å². The number of aromatic nitrogens is 2. The van der Waals surface area contributed by atoms with Crippen LogP contribution in [0.2, 0.25) is 0 Å². The lowest BCUT2D eigenvalue weighted by Gasteiger charge is -2.05. The second-order valence-electron chi connectivity index (χ2n) is 5.19. The molecule has 0 saturated carbocycles. The fraction of sp³-hybridized carbons (Fsp3) is 0.0588. The lowest BCUT2D eigenvalue weighted by Crippen LogP contribution is -1.91. The monoisotopic (exact) mass is 340 g/mol. The van der Waals surface area contributed by atoms with E-state index in [9.17, 15) is 5.11 Å². The summed E-state index contributed by atoms with van der Waals surface area (Å²) in [5.41, 5.74) is 2.13. The third-order valence-electron chi connectivity index (χ3n) is 3.93. The minimum absolute atomic E-state index is 0.265. The van der Waals surface area contributed by atoms with Crippen LogP contribution in [-0.2, 0) is 7.05 Å². The smallest absolute Gasteiger partial charge is 0.203 e. The number of nitrogens with zero attached hydrogens (tertiary/aromatic N) is 2. The summed E-state index contributed by atoms with van der Waals surface area (Å²) in [6, 6.07) is 14.1. The van der Waals surface area contributed by atoms with E-state index in [0.717, 1.165) is 26.3 Å². The Bertz CT molecular complexity index is 981. The Balaban J connectivity index is 1.99. The highest BCUT2D eigenvalue weighted by molar-refractivity contribution is 9.10. The van der Waals surface area contributed by atoms with Gasteiger partial charge in [0.1, 0.15) is 0 Å².